The van der Waals surface area contributed by atoms with E-state index in [1.165, 1.54) is 0 Å². The third kappa shape index (κ3) is 4.08. The van der Waals surface area contributed by atoms with Crippen LogP contribution >= 0.6 is 12.2 Å². The highest BCUT2D eigenvalue weighted by molar-refractivity contribution is 7.71. The van der Waals surface area contributed by atoms with Gasteiger partial charge >= 0.3 is 0 Å². The second kappa shape index (κ2) is 8.88. The summed E-state index contributed by atoms with van der Waals surface area (Å²) in [5.74, 6) is 2.54. The standard InChI is InChI=1S/C24H26N4O3S/c1-26-23(21-15-30-19-9-5-6-10-20(19)31-21)25-28(24(26)32)16-27-13-11-18(12-14-27)22(29)17-7-3-2-4-8-17/h2-10,18,21H,11-16H2,1H3. The molecule has 7 nitrogen and oxygen atoms in total. The molecule has 1 fully saturated rings. The van der Waals surface area contributed by atoms with Crippen LogP contribution in [0.3, 0.4) is 0 Å². The maximum absolute atomic E-state index is 12.7. The first kappa shape index (κ1) is 20.9. The van der Waals surface area contributed by atoms with Crippen LogP contribution in [0.4, 0.5) is 0 Å². The Bertz CT molecular complexity index is 1170. The molecular weight excluding hydrogens is 424 g/mol. The van der Waals surface area contributed by atoms with Gasteiger partial charge in [0.2, 0.25) is 0 Å². The van der Waals surface area contributed by atoms with Crippen LogP contribution in [0.2, 0.25) is 0 Å². The molecule has 8 heteroatoms. The molecule has 5 rings (SSSR count). The average Bonchev–Trinajstić information content (AvgIpc) is 3.13. The minimum atomic E-state index is -0.313. The summed E-state index contributed by atoms with van der Waals surface area (Å²) in [7, 11) is 1.91. The van der Waals surface area contributed by atoms with Crippen LogP contribution in [0.15, 0.2) is 54.6 Å². The molecule has 2 aromatic carbocycles. The summed E-state index contributed by atoms with van der Waals surface area (Å²) in [6.07, 6.45) is 1.38. The van der Waals surface area contributed by atoms with Crippen molar-refractivity contribution in [3.63, 3.8) is 0 Å². The summed E-state index contributed by atoms with van der Waals surface area (Å²) in [6.45, 7) is 2.67. The minimum absolute atomic E-state index is 0.0776. The summed E-state index contributed by atoms with van der Waals surface area (Å²) in [4.78, 5) is 15.0. The Morgan fingerprint density at radius 2 is 1.75 bits per heavy atom. The van der Waals surface area contributed by atoms with Gasteiger partial charge < -0.3 is 14.0 Å². The van der Waals surface area contributed by atoms with Crippen molar-refractivity contribution in [1.82, 2.24) is 19.2 Å². The number of nitrogens with zero attached hydrogens (tertiary/aromatic N) is 4. The highest BCUT2D eigenvalue weighted by atomic mass is 32.1. The Morgan fingerprint density at radius 1 is 1.06 bits per heavy atom. The third-order valence-corrected chi connectivity index (χ3v) is 6.71. The van der Waals surface area contributed by atoms with E-state index in [1.807, 2.05) is 70.9 Å². The molecule has 1 aromatic heterocycles. The first-order valence-corrected chi connectivity index (χ1v) is 11.3. The van der Waals surface area contributed by atoms with Crippen molar-refractivity contribution in [1.29, 1.82) is 0 Å². The highest BCUT2D eigenvalue weighted by Crippen LogP contribution is 2.35. The van der Waals surface area contributed by atoms with Crippen LogP contribution < -0.4 is 9.47 Å². The molecule has 1 atom stereocenters. The van der Waals surface area contributed by atoms with Gasteiger partial charge in [-0.3, -0.25) is 9.69 Å². The highest BCUT2D eigenvalue weighted by Gasteiger charge is 2.29. The molecule has 2 aliphatic rings. The molecule has 2 aliphatic heterocycles. The maximum Gasteiger partial charge on any atom is 0.198 e. The monoisotopic (exact) mass is 450 g/mol. The van der Waals surface area contributed by atoms with Crippen LogP contribution in [0.1, 0.15) is 35.1 Å². The molecule has 1 saturated heterocycles. The number of para-hydroxylation sites is 2. The smallest absolute Gasteiger partial charge is 0.198 e. The molecule has 166 valence electrons. The largest absolute Gasteiger partial charge is 0.485 e. The van der Waals surface area contributed by atoms with Crippen molar-refractivity contribution in [3.8, 4) is 11.5 Å². The van der Waals surface area contributed by atoms with Gasteiger partial charge in [-0.25, -0.2) is 4.68 Å². The number of hydrogen-bond donors (Lipinski definition) is 0. The molecule has 3 heterocycles. The van der Waals surface area contributed by atoms with Crippen LogP contribution in [-0.2, 0) is 13.7 Å². The molecule has 0 aliphatic carbocycles. The molecule has 1 unspecified atom stereocenters. The van der Waals surface area contributed by atoms with Gasteiger partial charge in [0, 0.05) is 31.6 Å². The third-order valence-electron chi connectivity index (χ3n) is 6.22. The van der Waals surface area contributed by atoms with E-state index in [0.29, 0.717) is 18.0 Å². The second-order valence-electron chi connectivity index (χ2n) is 8.33. The first-order chi connectivity index (χ1) is 15.6. The van der Waals surface area contributed by atoms with Crippen LogP contribution in [0.25, 0.3) is 0 Å². The van der Waals surface area contributed by atoms with E-state index < -0.39 is 0 Å². The summed E-state index contributed by atoms with van der Waals surface area (Å²) in [5, 5.41) is 4.76. The van der Waals surface area contributed by atoms with E-state index in [4.69, 9.17) is 26.8 Å². The minimum Gasteiger partial charge on any atom is -0.485 e. The van der Waals surface area contributed by atoms with Crippen molar-refractivity contribution < 1.29 is 14.3 Å². The van der Waals surface area contributed by atoms with Gasteiger partial charge in [-0.1, -0.05) is 42.5 Å². The number of hydrogen-bond acceptors (Lipinski definition) is 6. The molecule has 32 heavy (non-hydrogen) atoms. The zero-order chi connectivity index (χ0) is 22.1. The quantitative estimate of drug-likeness (QED) is 0.432. The van der Waals surface area contributed by atoms with Gasteiger partial charge in [-0.05, 0) is 37.2 Å². The van der Waals surface area contributed by atoms with Crippen LogP contribution in [-0.4, -0.2) is 44.7 Å². The van der Waals surface area contributed by atoms with Gasteiger partial charge in [0.1, 0.15) is 6.61 Å². The summed E-state index contributed by atoms with van der Waals surface area (Å²) < 4.78 is 16.3. The number of rotatable bonds is 5. The Balaban J connectivity index is 1.24. The van der Waals surface area contributed by atoms with E-state index in [2.05, 4.69) is 4.90 Å². The molecule has 0 bridgehead atoms. The van der Waals surface area contributed by atoms with E-state index in [9.17, 15) is 4.79 Å². The van der Waals surface area contributed by atoms with E-state index >= 15 is 0 Å². The van der Waals surface area contributed by atoms with Gasteiger partial charge in [0.15, 0.2) is 34.0 Å². The fraction of sp³-hybridized carbons (Fsp3) is 0.375. The molecule has 0 amide bonds. The first-order valence-electron chi connectivity index (χ1n) is 10.9. The number of benzene rings is 2. The molecule has 0 radical (unpaired) electrons. The lowest BCUT2D eigenvalue weighted by atomic mass is 9.89. The fourth-order valence-corrected chi connectivity index (χ4v) is 4.58. The predicted octanol–water partition coefficient (Wildman–Crippen LogP) is 4.02. The van der Waals surface area contributed by atoms with Crippen LogP contribution in [0, 0.1) is 10.7 Å². The van der Waals surface area contributed by atoms with Gasteiger partial charge in [0.05, 0.1) is 6.67 Å². The van der Waals surface area contributed by atoms with Gasteiger partial charge in [-0.2, -0.15) is 5.10 Å². The molecule has 3 aromatic rings. The lowest BCUT2D eigenvalue weighted by molar-refractivity contribution is 0.0784. The molecule has 0 spiro atoms. The number of ether oxygens (including phenoxy) is 2. The topological polar surface area (TPSA) is 61.5 Å². The van der Waals surface area contributed by atoms with Gasteiger partial charge in [0.25, 0.3) is 0 Å². The maximum atomic E-state index is 12.7. The van der Waals surface area contributed by atoms with Crippen LogP contribution in [0.5, 0.6) is 11.5 Å². The number of fused-ring (bicyclic) bond motifs is 1. The molecule has 0 saturated carbocycles. The Hall–Kier alpha value is -2.97. The SMILES string of the molecule is Cn1c(C2COc3ccccc3O2)nn(CN2CCC(C(=O)c3ccccc3)CC2)c1=S. The van der Waals surface area contributed by atoms with E-state index in [1.54, 1.807) is 0 Å². The zero-order valence-corrected chi connectivity index (χ0v) is 18.8. The summed E-state index contributed by atoms with van der Waals surface area (Å²) in [5.41, 5.74) is 0.804. The number of ketones is 1. The second-order valence-corrected chi connectivity index (χ2v) is 8.69. The van der Waals surface area contributed by atoms with Crippen molar-refractivity contribution >= 4 is 18.0 Å². The number of carbonyl (C=O) groups excluding carboxylic acids is 1. The fourth-order valence-electron chi connectivity index (χ4n) is 4.39. The summed E-state index contributed by atoms with van der Waals surface area (Å²) in [6, 6.07) is 17.2. The number of carbonyl (C=O) groups is 1. The van der Waals surface area contributed by atoms with Gasteiger partial charge in [-0.15, -0.1) is 0 Å². The van der Waals surface area contributed by atoms with E-state index in [-0.39, 0.29) is 17.8 Å². The lowest BCUT2D eigenvalue weighted by Gasteiger charge is -2.31. The number of piperidine rings is 1. The Kier molecular flexibility index (Phi) is 5.80. The van der Waals surface area contributed by atoms with Crippen molar-refractivity contribution in [2.75, 3.05) is 19.7 Å². The number of aromatic nitrogens is 3. The predicted molar refractivity (Wildman–Crippen MR) is 122 cm³/mol. The zero-order valence-electron chi connectivity index (χ0n) is 18.0. The molecule has 0 N–H and O–H groups in total. The van der Waals surface area contributed by atoms with Crippen molar-refractivity contribution in [3.05, 3.63) is 70.8 Å². The van der Waals surface area contributed by atoms with E-state index in [0.717, 1.165) is 48.8 Å². The number of Topliss-reactive ketones (excluding diaryl/α,β-unsaturated/α-hetero) is 1. The Labute approximate surface area is 192 Å². The van der Waals surface area contributed by atoms with Crippen molar-refractivity contribution in [2.45, 2.75) is 25.6 Å². The average molecular weight is 451 g/mol. The Morgan fingerprint density at radius 3 is 2.50 bits per heavy atom. The van der Waals surface area contributed by atoms with Crippen molar-refractivity contribution in [2.24, 2.45) is 13.0 Å². The normalized spacial score (nSPS) is 19.1. The lowest BCUT2D eigenvalue weighted by Crippen LogP contribution is -2.37. The number of likely N-dealkylation sites (tertiary alicyclic amines) is 1. The summed E-state index contributed by atoms with van der Waals surface area (Å²) >= 11 is 5.64. The molecular formula is C24H26N4O3S.